The van der Waals surface area contributed by atoms with Crippen LogP contribution < -0.4 is 5.43 Å². The van der Waals surface area contributed by atoms with E-state index < -0.39 is 0 Å². The van der Waals surface area contributed by atoms with Gasteiger partial charge in [0.15, 0.2) is 0 Å². The predicted molar refractivity (Wildman–Crippen MR) is 46.2 cm³/mol. The zero-order valence-corrected chi connectivity index (χ0v) is 6.85. The van der Waals surface area contributed by atoms with Gasteiger partial charge in [-0.05, 0) is 19.4 Å². The largest absolute Gasteiger partial charge is 0.310 e. The molecule has 0 aliphatic carbocycles. The number of allylic oxidation sites excluding steroid dienone is 1. The molecule has 2 nitrogen and oxygen atoms in total. The number of hydrogen-bond acceptors (Lipinski definition) is 2. The Kier molecular flexibility index (Phi) is 5.83. The maximum Gasteiger partial charge on any atom is 0.0566 e. The molecular formula is C8H16N2. The van der Waals surface area contributed by atoms with E-state index in [4.69, 9.17) is 0 Å². The van der Waals surface area contributed by atoms with E-state index in [1.807, 2.05) is 6.92 Å². The molecule has 0 amide bonds. The van der Waals surface area contributed by atoms with Crippen LogP contribution in [0.4, 0.5) is 0 Å². The van der Waals surface area contributed by atoms with Crippen LogP contribution in [0.5, 0.6) is 0 Å². The van der Waals surface area contributed by atoms with Crippen LogP contribution in [0.25, 0.3) is 0 Å². The van der Waals surface area contributed by atoms with Crippen molar-refractivity contribution < 1.29 is 0 Å². The maximum absolute atomic E-state index is 4.03. The lowest BCUT2D eigenvalue weighted by Gasteiger charge is -1.97. The number of nitrogens with zero attached hydrogens (tertiary/aromatic N) is 1. The van der Waals surface area contributed by atoms with Gasteiger partial charge in [0.1, 0.15) is 0 Å². The van der Waals surface area contributed by atoms with Gasteiger partial charge in [-0.15, -0.1) is 0 Å². The molecule has 0 bridgehead atoms. The van der Waals surface area contributed by atoms with Gasteiger partial charge in [-0.25, -0.2) is 0 Å². The highest BCUT2D eigenvalue weighted by atomic mass is 15.3. The van der Waals surface area contributed by atoms with Gasteiger partial charge in [0.05, 0.1) is 5.71 Å². The SMILES string of the molecule is C=CC(C)=NNCCCC. The molecule has 0 aromatic heterocycles. The normalized spacial score (nSPS) is 11.2. The van der Waals surface area contributed by atoms with Crippen molar-refractivity contribution in [2.45, 2.75) is 26.7 Å². The Morgan fingerprint density at radius 1 is 1.70 bits per heavy atom. The fourth-order valence-corrected chi connectivity index (χ4v) is 0.482. The molecule has 0 rings (SSSR count). The molecule has 0 fully saturated rings. The van der Waals surface area contributed by atoms with Crippen LogP contribution in [-0.2, 0) is 0 Å². The van der Waals surface area contributed by atoms with Gasteiger partial charge in [-0.3, -0.25) is 0 Å². The number of hydrazone groups is 1. The highest BCUT2D eigenvalue weighted by Gasteiger charge is 1.81. The standard InChI is InChI=1S/C8H16N2/c1-4-6-7-9-10-8(3)5-2/h5,9H,2,4,6-7H2,1,3H3. The fraction of sp³-hybridized carbons (Fsp3) is 0.625. The quantitative estimate of drug-likeness (QED) is 0.352. The number of rotatable bonds is 5. The van der Waals surface area contributed by atoms with Crippen LogP contribution in [-0.4, -0.2) is 12.3 Å². The molecule has 2 heteroatoms. The second-order valence-electron chi connectivity index (χ2n) is 2.22. The second-order valence-corrected chi connectivity index (χ2v) is 2.22. The van der Waals surface area contributed by atoms with Crippen molar-refractivity contribution in [3.8, 4) is 0 Å². The predicted octanol–water partition coefficient (Wildman–Crippen LogP) is 1.94. The average molecular weight is 140 g/mol. The molecule has 10 heavy (non-hydrogen) atoms. The molecule has 0 saturated heterocycles. The Bertz CT molecular complexity index is 116. The molecule has 0 saturated carbocycles. The number of unbranched alkanes of at least 4 members (excludes halogenated alkanes) is 1. The Morgan fingerprint density at radius 2 is 2.40 bits per heavy atom. The monoisotopic (exact) mass is 140 g/mol. The zero-order chi connectivity index (χ0) is 7.82. The van der Waals surface area contributed by atoms with E-state index in [1.165, 1.54) is 12.8 Å². The third-order valence-corrected chi connectivity index (χ3v) is 1.19. The average Bonchev–Trinajstić information content (AvgIpc) is 1.98. The molecule has 0 unspecified atom stereocenters. The summed E-state index contributed by atoms with van der Waals surface area (Å²) in [5.41, 5.74) is 3.89. The van der Waals surface area contributed by atoms with E-state index in [0.29, 0.717) is 0 Å². The summed E-state index contributed by atoms with van der Waals surface area (Å²) in [5, 5.41) is 4.03. The minimum absolute atomic E-state index is 0.941. The second kappa shape index (κ2) is 6.33. The minimum atomic E-state index is 0.941. The van der Waals surface area contributed by atoms with Gasteiger partial charge < -0.3 is 5.43 Å². The molecule has 58 valence electrons. The summed E-state index contributed by atoms with van der Waals surface area (Å²) in [6.45, 7) is 8.63. The van der Waals surface area contributed by atoms with Gasteiger partial charge in [0.25, 0.3) is 0 Å². The van der Waals surface area contributed by atoms with E-state index in [1.54, 1.807) is 6.08 Å². The van der Waals surface area contributed by atoms with Crippen LogP contribution in [0, 0.1) is 0 Å². The van der Waals surface area contributed by atoms with Gasteiger partial charge in [0, 0.05) is 6.54 Å². The van der Waals surface area contributed by atoms with Crippen molar-refractivity contribution in [1.82, 2.24) is 5.43 Å². The maximum atomic E-state index is 4.03. The molecule has 0 aliphatic heterocycles. The summed E-state index contributed by atoms with van der Waals surface area (Å²) in [7, 11) is 0. The lowest BCUT2D eigenvalue weighted by Crippen LogP contribution is -2.08. The van der Waals surface area contributed by atoms with Gasteiger partial charge >= 0.3 is 0 Å². The van der Waals surface area contributed by atoms with Crippen LogP contribution >= 0.6 is 0 Å². The highest BCUT2D eigenvalue weighted by molar-refractivity contribution is 5.91. The first-order valence-electron chi connectivity index (χ1n) is 3.70. The van der Waals surface area contributed by atoms with E-state index >= 15 is 0 Å². The molecule has 0 aliphatic rings. The number of nitrogens with one attached hydrogen (secondary N) is 1. The number of hydrogen-bond donors (Lipinski definition) is 1. The van der Waals surface area contributed by atoms with E-state index in [9.17, 15) is 0 Å². The summed E-state index contributed by atoms with van der Waals surface area (Å²) < 4.78 is 0. The lowest BCUT2D eigenvalue weighted by molar-refractivity contribution is 0.672. The summed E-state index contributed by atoms with van der Waals surface area (Å²) in [4.78, 5) is 0. The van der Waals surface area contributed by atoms with E-state index in [-0.39, 0.29) is 0 Å². The molecular weight excluding hydrogens is 124 g/mol. The molecule has 0 radical (unpaired) electrons. The zero-order valence-electron chi connectivity index (χ0n) is 6.85. The van der Waals surface area contributed by atoms with Crippen LogP contribution in [0.1, 0.15) is 26.7 Å². The first-order chi connectivity index (χ1) is 4.81. The lowest BCUT2D eigenvalue weighted by atomic mass is 10.3. The molecule has 0 aromatic carbocycles. The van der Waals surface area contributed by atoms with Gasteiger partial charge in [-0.2, -0.15) is 5.10 Å². The van der Waals surface area contributed by atoms with Gasteiger partial charge in [0.2, 0.25) is 0 Å². The molecule has 0 heterocycles. The van der Waals surface area contributed by atoms with Crippen molar-refractivity contribution in [1.29, 1.82) is 0 Å². The Morgan fingerprint density at radius 3 is 2.90 bits per heavy atom. The summed E-state index contributed by atoms with van der Waals surface area (Å²) in [5.74, 6) is 0. The third-order valence-electron chi connectivity index (χ3n) is 1.19. The van der Waals surface area contributed by atoms with Gasteiger partial charge in [-0.1, -0.05) is 19.9 Å². The van der Waals surface area contributed by atoms with E-state index in [0.717, 1.165) is 12.3 Å². The fourth-order valence-electron chi connectivity index (χ4n) is 0.482. The minimum Gasteiger partial charge on any atom is -0.310 e. The topological polar surface area (TPSA) is 24.4 Å². The molecule has 0 atom stereocenters. The van der Waals surface area contributed by atoms with Crippen LogP contribution in [0.15, 0.2) is 17.8 Å². The van der Waals surface area contributed by atoms with E-state index in [2.05, 4.69) is 24.0 Å². The Hall–Kier alpha value is -0.790. The summed E-state index contributed by atoms with van der Waals surface area (Å²) in [6.07, 6.45) is 4.11. The Labute approximate surface area is 63.0 Å². The first kappa shape index (κ1) is 9.21. The van der Waals surface area contributed by atoms with Crippen molar-refractivity contribution >= 4 is 5.71 Å². The van der Waals surface area contributed by atoms with Crippen LogP contribution in [0.3, 0.4) is 0 Å². The molecule has 1 N–H and O–H groups in total. The highest BCUT2D eigenvalue weighted by Crippen LogP contribution is 1.82. The molecule has 0 spiro atoms. The molecule has 0 aromatic rings. The van der Waals surface area contributed by atoms with Crippen molar-refractivity contribution in [2.24, 2.45) is 5.10 Å². The summed E-state index contributed by atoms with van der Waals surface area (Å²) >= 11 is 0. The van der Waals surface area contributed by atoms with Crippen LogP contribution in [0.2, 0.25) is 0 Å². The van der Waals surface area contributed by atoms with Crippen molar-refractivity contribution in [3.05, 3.63) is 12.7 Å². The Balaban J connectivity index is 3.24. The third kappa shape index (κ3) is 5.35. The van der Waals surface area contributed by atoms with Crippen molar-refractivity contribution in [2.75, 3.05) is 6.54 Å². The van der Waals surface area contributed by atoms with Crippen molar-refractivity contribution in [3.63, 3.8) is 0 Å². The first-order valence-corrected chi connectivity index (χ1v) is 3.70. The summed E-state index contributed by atoms with van der Waals surface area (Å²) in [6, 6.07) is 0. The smallest absolute Gasteiger partial charge is 0.0566 e.